The maximum absolute atomic E-state index is 12.7. The van der Waals surface area contributed by atoms with Crippen molar-refractivity contribution >= 4 is 45.6 Å². The summed E-state index contributed by atoms with van der Waals surface area (Å²) in [5.41, 5.74) is 2.81. The lowest BCUT2D eigenvalue weighted by Gasteiger charge is -2.28. The number of carbonyl (C=O) groups is 2. The predicted molar refractivity (Wildman–Crippen MR) is 110 cm³/mol. The molecule has 1 fully saturated rings. The number of nitrogens with zero attached hydrogens (tertiary/aromatic N) is 2. The molecule has 3 aromatic rings. The van der Waals surface area contributed by atoms with Gasteiger partial charge in [0.1, 0.15) is 0 Å². The molecule has 0 unspecified atom stereocenters. The number of nitrogens with one attached hydrogen (secondary N) is 1. The Morgan fingerprint density at radius 2 is 1.79 bits per heavy atom. The standard InChI is InChI=1S/C21H20ClN3O3/c1-24-13-18(17-7-2-14(22)12-19(17)24)20(26)21(27)23-15-3-5-16(6-4-15)25-8-10-28-11-9-25/h2-7,12-13H,8-11H2,1H3,(H,23,27). The van der Waals surface area contributed by atoms with Crippen LogP contribution < -0.4 is 10.2 Å². The van der Waals surface area contributed by atoms with Crippen LogP contribution in [0.5, 0.6) is 0 Å². The van der Waals surface area contributed by atoms with Crippen LogP contribution in [0.2, 0.25) is 5.02 Å². The van der Waals surface area contributed by atoms with E-state index in [-0.39, 0.29) is 0 Å². The first kappa shape index (κ1) is 18.5. The number of aryl methyl sites for hydroxylation is 1. The first-order valence-corrected chi connectivity index (χ1v) is 9.44. The van der Waals surface area contributed by atoms with Gasteiger partial charge in [0.2, 0.25) is 0 Å². The van der Waals surface area contributed by atoms with E-state index in [9.17, 15) is 9.59 Å². The fourth-order valence-corrected chi connectivity index (χ4v) is 3.59. The maximum atomic E-state index is 12.7. The monoisotopic (exact) mass is 397 g/mol. The highest BCUT2D eigenvalue weighted by Gasteiger charge is 2.21. The minimum absolute atomic E-state index is 0.358. The molecule has 0 saturated carbocycles. The molecular weight excluding hydrogens is 378 g/mol. The average molecular weight is 398 g/mol. The van der Waals surface area contributed by atoms with Crippen molar-refractivity contribution in [2.75, 3.05) is 36.5 Å². The van der Waals surface area contributed by atoms with Crippen molar-refractivity contribution in [1.82, 2.24) is 4.57 Å². The quantitative estimate of drug-likeness (QED) is 0.540. The number of aromatic nitrogens is 1. The van der Waals surface area contributed by atoms with Gasteiger partial charge in [-0.1, -0.05) is 17.7 Å². The van der Waals surface area contributed by atoms with E-state index in [0.717, 1.165) is 24.3 Å². The topological polar surface area (TPSA) is 63.6 Å². The third-order valence-corrected chi connectivity index (χ3v) is 5.14. The van der Waals surface area contributed by atoms with Gasteiger partial charge in [0.15, 0.2) is 0 Å². The molecule has 7 heteroatoms. The van der Waals surface area contributed by atoms with E-state index < -0.39 is 11.7 Å². The molecule has 1 aromatic heterocycles. The normalized spacial score (nSPS) is 14.3. The number of ether oxygens (including phenoxy) is 1. The Bertz CT molecular complexity index is 1040. The molecule has 1 saturated heterocycles. The van der Waals surface area contributed by atoms with Crippen molar-refractivity contribution in [3.8, 4) is 0 Å². The second-order valence-corrected chi connectivity index (χ2v) is 7.18. The fraction of sp³-hybridized carbons (Fsp3) is 0.238. The number of carbonyl (C=O) groups excluding carboxylic acids is 2. The Hall–Kier alpha value is -2.83. The highest BCUT2D eigenvalue weighted by molar-refractivity contribution is 6.48. The zero-order valence-corrected chi connectivity index (χ0v) is 16.2. The lowest BCUT2D eigenvalue weighted by Crippen LogP contribution is -2.36. The van der Waals surface area contributed by atoms with Gasteiger partial charge in [-0.05, 0) is 36.4 Å². The highest BCUT2D eigenvalue weighted by Crippen LogP contribution is 2.25. The third kappa shape index (κ3) is 3.61. The number of amides is 1. The van der Waals surface area contributed by atoms with Crippen molar-refractivity contribution in [3.63, 3.8) is 0 Å². The average Bonchev–Trinajstić information content (AvgIpc) is 3.04. The number of anilines is 2. The molecule has 0 radical (unpaired) electrons. The molecule has 4 rings (SSSR count). The van der Waals surface area contributed by atoms with Crippen molar-refractivity contribution in [1.29, 1.82) is 0 Å². The maximum Gasteiger partial charge on any atom is 0.296 e. The van der Waals surface area contributed by atoms with Gasteiger partial charge in [0, 0.05) is 53.6 Å². The largest absolute Gasteiger partial charge is 0.378 e. The van der Waals surface area contributed by atoms with Gasteiger partial charge < -0.3 is 19.5 Å². The van der Waals surface area contributed by atoms with Crippen LogP contribution in [0, 0.1) is 0 Å². The lowest BCUT2D eigenvalue weighted by atomic mass is 10.1. The Balaban J connectivity index is 1.50. The van der Waals surface area contributed by atoms with Gasteiger partial charge >= 0.3 is 0 Å². The van der Waals surface area contributed by atoms with Gasteiger partial charge in [-0.3, -0.25) is 9.59 Å². The van der Waals surface area contributed by atoms with E-state index in [0.29, 0.717) is 34.9 Å². The highest BCUT2D eigenvalue weighted by atomic mass is 35.5. The molecule has 28 heavy (non-hydrogen) atoms. The first-order chi connectivity index (χ1) is 13.5. The molecule has 0 atom stereocenters. The lowest BCUT2D eigenvalue weighted by molar-refractivity contribution is -0.112. The van der Waals surface area contributed by atoms with E-state index >= 15 is 0 Å². The molecule has 2 aromatic carbocycles. The summed E-state index contributed by atoms with van der Waals surface area (Å²) in [7, 11) is 1.82. The molecule has 144 valence electrons. The number of hydrogen-bond acceptors (Lipinski definition) is 4. The predicted octanol–water partition coefficient (Wildman–Crippen LogP) is 3.49. The summed E-state index contributed by atoms with van der Waals surface area (Å²) in [5, 5.41) is 3.97. The van der Waals surface area contributed by atoms with Crippen LogP contribution in [-0.4, -0.2) is 42.6 Å². The molecule has 1 aliphatic heterocycles. The minimum Gasteiger partial charge on any atom is -0.378 e. The molecular formula is C21H20ClN3O3. The zero-order valence-electron chi connectivity index (χ0n) is 15.4. The zero-order chi connectivity index (χ0) is 19.7. The van der Waals surface area contributed by atoms with Gasteiger partial charge in [0.05, 0.1) is 18.8 Å². The number of hydrogen-bond donors (Lipinski definition) is 1. The van der Waals surface area contributed by atoms with Gasteiger partial charge in [-0.2, -0.15) is 0 Å². The summed E-state index contributed by atoms with van der Waals surface area (Å²) in [6.45, 7) is 3.11. The van der Waals surface area contributed by atoms with E-state index in [1.165, 1.54) is 0 Å². The molecule has 0 bridgehead atoms. The van der Waals surface area contributed by atoms with Gasteiger partial charge in [-0.25, -0.2) is 0 Å². The summed E-state index contributed by atoms with van der Waals surface area (Å²) < 4.78 is 7.15. The number of fused-ring (bicyclic) bond motifs is 1. The van der Waals surface area contributed by atoms with E-state index in [1.807, 2.05) is 19.2 Å². The summed E-state index contributed by atoms with van der Waals surface area (Å²) in [6.07, 6.45) is 1.66. The van der Waals surface area contributed by atoms with Crippen LogP contribution in [0.4, 0.5) is 11.4 Å². The molecule has 0 aliphatic carbocycles. The molecule has 2 heterocycles. The Kier molecular flexibility index (Phi) is 5.07. The van der Waals surface area contributed by atoms with E-state index in [2.05, 4.69) is 10.2 Å². The Morgan fingerprint density at radius 1 is 1.07 bits per heavy atom. The van der Waals surface area contributed by atoms with Crippen LogP contribution in [0.15, 0.2) is 48.7 Å². The number of Topliss-reactive ketones (excluding diaryl/α,β-unsaturated/α-hetero) is 1. The summed E-state index contributed by atoms with van der Waals surface area (Å²) >= 11 is 6.03. The molecule has 1 aliphatic rings. The number of ketones is 1. The Labute approximate surface area is 167 Å². The van der Waals surface area contributed by atoms with Gasteiger partial charge in [0.25, 0.3) is 11.7 Å². The van der Waals surface area contributed by atoms with Crippen LogP contribution in [-0.2, 0) is 16.6 Å². The molecule has 1 N–H and O–H groups in total. The van der Waals surface area contributed by atoms with Crippen LogP contribution in [0.25, 0.3) is 10.9 Å². The van der Waals surface area contributed by atoms with Crippen LogP contribution in [0.1, 0.15) is 10.4 Å². The van der Waals surface area contributed by atoms with Crippen molar-refractivity contribution in [3.05, 3.63) is 59.2 Å². The number of halogens is 1. The summed E-state index contributed by atoms with van der Waals surface area (Å²) in [6, 6.07) is 12.7. The second-order valence-electron chi connectivity index (χ2n) is 6.74. The third-order valence-electron chi connectivity index (χ3n) is 4.90. The van der Waals surface area contributed by atoms with E-state index in [4.69, 9.17) is 16.3 Å². The van der Waals surface area contributed by atoms with Crippen molar-refractivity contribution in [2.45, 2.75) is 0 Å². The smallest absolute Gasteiger partial charge is 0.296 e. The number of benzene rings is 2. The van der Waals surface area contributed by atoms with E-state index in [1.54, 1.807) is 41.1 Å². The number of morpholine rings is 1. The SMILES string of the molecule is Cn1cc(C(=O)C(=O)Nc2ccc(N3CCOCC3)cc2)c2ccc(Cl)cc21. The van der Waals surface area contributed by atoms with Crippen LogP contribution >= 0.6 is 11.6 Å². The molecule has 6 nitrogen and oxygen atoms in total. The van der Waals surface area contributed by atoms with Crippen LogP contribution in [0.3, 0.4) is 0 Å². The minimum atomic E-state index is -0.665. The summed E-state index contributed by atoms with van der Waals surface area (Å²) in [5.74, 6) is -1.24. The van der Waals surface area contributed by atoms with Crippen molar-refractivity contribution < 1.29 is 14.3 Å². The summed E-state index contributed by atoms with van der Waals surface area (Å²) in [4.78, 5) is 27.4. The fourth-order valence-electron chi connectivity index (χ4n) is 3.43. The molecule has 1 amide bonds. The first-order valence-electron chi connectivity index (χ1n) is 9.06. The Morgan fingerprint density at radius 3 is 2.50 bits per heavy atom. The second kappa shape index (κ2) is 7.66. The van der Waals surface area contributed by atoms with Gasteiger partial charge in [-0.15, -0.1) is 0 Å². The number of rotatable bonds is 4. The van der Waals surface area contributed by atoms with Crippen molar-refractivity contribution in [2.24, 2.45) is 7.05 Å². The molecule has 0 spiro atoms.